The van der Waals surface area contributed by atoms with E-state index in [2.05, 4.69) is 20.7 Å². The number of methoxy groups -OCH3 is 1. The predicted molar refractivity (Wildman–Crippen MR) is 75.5 cm³/mol. The molecule has 0 unspecified atom stereocenters. The Kier molecular flexibility index (Phi) is 6.59. The fraction of sp³-hybridized carbons (Fsp3) is 0.455. The Morgan fingerprint density at radius 2 is 2.11 bits per heavy atom. The number of nitrogens with one attached hydrogen (secondary N) is 1. The topological polar surface area (TPSA) is 55.4 Å². The van der Waals surface area contributed by atoms with Gasteiger partial charge in [-0.25, -0.2) is 13.1 Å². The van der Waals surface area contributed by atoms with E-state index in [0.29, 0.717) is 13.2 Å². The Morgan fingerprint density at radius 1 is 1.39 bits per heavy atom. The number of rotatable bonds is 7. The molecule has 0 bridgehead atoms. The SMILES string of the molecule is COCCCCNS(=O)(=O)c1ccc(Br)cc1Cl. The average Bonchev–Trinajstić information content (AvgIpc) is 2.28. The first-order valence-corrected chi connectivity index (χ1v) is 8.06. The Bertz CT molecular complexity index is 493. The molecule has 0 aliphatic heterocycles. The second-order valence-electron chi connectivity index (χ2n) is 3.67. The summed E-state index contributed by atoms with van der Waals surface area (Å²) in [5.74, 6) is 0. The van der Waals surface area contributed by atoms with Crippen molar-refractivity contribution < 1.29 is 13.2 Å². The Labute approximate surface area is 121 Å². The van der Waals surface area contributed by atoms with E-state index in [1.165, 1.54) is 6.07 Å². The van der Waals surface area contributed by atoms with Crippen LogP contribution in [-0.2, 0) is 14.8 Å². The van der Waals surface area contributed by atoms with E-state index >= 15 is 0 Å². The number of sulfonamides is 1. The number of benzene rings is 1. The molecule has 7 heteroatoms. The van der Waals surface area contributed by atoms with E-state index < -0.39 is 10.0 Å². The van der Waals surface area contributed by atoms with Gasteiger partial charge < -0.3 is 4.74 Å². The second-order valence-corrected chi connectivity index (χ2v) is 6.73. The monoisotopic (exact) mass is 355 g/mol. The average molecular weight is 357 g/mol. The van der Waals surface area contributed by atoms with Gasteiger partial charge >= 0.3 is 0 Å². The highest BCUT2D eigenvalue weighted by Gasteiger charge is 2.17. The normalized spacial score (nSPS) is 11.7. The highest BCUT2D eigenvalue weighted by atomic mass is 79.9. The van der Waals surface area contributed by atoms with Gasteiger partial charge in [-0.05, 0) is 31.0 Å². The molecule has 1 aromatic rings. The molecule has 0 atom stereocenters. The summed E-state index contributed by atoms with van der Waals surface area (Å²) < 4.78 is 32.1. The number of halogens is 2. The van der Waals surface area contributed by atoms with Crippen molar-refractivity contribution in [1.29, 1.82) is 0 Å². The molecule has 0 saturated heterocycles. The minimum Gasteiger partial charge on any atom is -0.385 e. The van der Waals surface area contributed by atoms with Crippen LogP contribution in [0.5, 0.6) is 0 Å². The van der Waals surface area contributed by atoms with E-state index in [4.69, 9.17) is 16.3 Å². The highest BCUT2D eigenvalue weighted by Crippen LogP contribution is 2.24. The fourth-order valence-corrected chi connectivity index (χ4v) is 3.46. The second kappa shape index (κ2) is 7.45. The molecule has 0 heterocycles. The molecule has 102 valence electrons. The summed E-state index contributed by atoms with van der Waals surface area (Å²) in [6.07, 6.45) is 1.54. The maximum Gasteiger partial charge on any atom is 0.242 e. The first kappa shape index (κ1) is 15.9. The van der Waals surface area contributed by atoms with Gasteiger partial charge in [0.25, 0.3) is 0 Å². The van der Waals surface area contributed by atoms with Crippen LogP contribution in [0.15, 0.2) is 27.6 Å². The fourth-order valence-electron chi connectivity index (χ4n) is 1.35. The maximum absolute atomic E-state index is 12.0. The number of ether oxygens (including phenoxy) is 1. The van der Waals surface area contributed by atoms with Gasteiger partial charge in [-0.3, -0.25) is 0 Å². The van der Waals surface area contributed by atoms with Gasteiger partial charge in [0.1, 0.15) is 4.90 Å². The van der Waals surface area contributed by atoms with Gasteiger partial charge in [0.05, 0.1) is 5.02 Å². The number of hydrogen-bond acceptors (Lipinski definition) is 3. The lowest BCUT2D eigenvalue weighted by Gasteiger charge is -2.08. The van der Waals surface area contributed by atoms with Crippen molar-refractivity contribution in [3.05, 3.63) is 27.7 Å². The Morgan fingerprint density at radius 3 is 2.72 bits per heavy atom. The van der Waals surface area contributed by atoms with Crippen LogP contribution in [-0.4, -0.2) is 28.7 Å². The van der Waals surface area contributed by atoms with Crippen molar-refractivity contribution in [2.75, 3.05) is 20.3 Å². The van der Waals surface area contributed by atoms with Gasteiger partial charge in [-0.2, -0.15) is 0 Å². The van der Waals surface area contributed by atoms with Crippen LogP contribution < -0.4 is 4.72 Å². The number of unbranched alkanes of at least 4 members (excludes halogenated alkanes) is 1. The molecule has 0 radical (unpaired) electrons. The summed E-state index contributed by atoms with van der Waals surface area (Å²) in [5.41, 5.74) is 0. The summed E-state index contributed by atoms with van der Waals surface area (Å²) in [5, 5.41) is 0.203. The van der Waals surface area contributed by atoms with E-state index in [1.807, 2.05) is 0 Å². The summed E-state index contributed by atoms with van der Waals surface area (Å²) in [7, 11) is -1.92. The van der Waals surface area contributed by atoms with Gasteiger partial charge in [0, 0.05) is 24.7 Å². The molecule has 1 N–H and O–H groups in total. The van der Waals surface area contributed by atoms with E-state index in [0.717, 1.165) is 17.3 Å². The summed E-state index contributed by atoms with van der Waals surface area (Å²) in [6, 6.07) is 4.68. The predicted octanol–water partition coefficient (Wildman–Crippen LogP) is 2.81. The van der Waals surface area contributed by atoms with Gasteiger partial charge in [0.2, 0.25) is 10.0 Å². The summed E-state index contributed by atoms with van der Waals surface area (Å²) >= 11 is 9.14. The molecular weight excluding hydrogens is 342 g/mol. The third-order valence-corrected chi connectivity index (χ3v) is 4.69. The largest absolute Gasteiger partial charge is 0.385 e. The van der Waals surface area contributed by atoms with Crippen molar-refractivity contribution in [3.63, 3.8) is 0 Å². The Hall–Kier alpha value is -0.140. The lowest BCUT2D eigenvalue weighted by molar-refractivity contribution is 0.193. The van der Waals surface area contributed by atoms with Crippen molar-refractivity contribution in [2.24, 2.45) is 0 Å². The molecule has 1 rings (SSSR count). The minimum atomic E-state index is -3.54. The van der Waals surface area contributed by atoms with Crippen molar-refractivity contribution in [2.45, 2.75) is 17.7 Å². The molecule has 0 aromatic heterocycles. The number of hydrogen-bond donors (Lipinski definition) is 1. The molecule has 0 aliphatic rings. The van der Waals surface area contributed by atoms with E-state index in [-0.39, 0.29) is 9.92 Å². The van der Waals surface area contributed by atoms with Gasteiger partial charge in [0.15, 0.2) is 0 Å². The zero-order chi connectivity index (χ0) is 13.6. The molecule has 0 amide bonds. The van der Waals surface area contributed by atoms with E-state index in [9.17, 15) is 8.42 Å². The smallest absolute Gasteiger partial charge is 0.242 e. The van der Waals surface area contributed by atoms with Crippen LogP contribution >= 0.6 is 27.5 Å². The standard InChI is InChI=1S/C11H15BrClNO3S/c1-17-7-3-2-6-14-18(15,16)11-5-4-9(12)8-10(11)13/h4-5,8,14H,2-3,6-7H2,1H3. The van der Waals surface area contributed by atoms with Gasteiger partial charge in [-0.1, -0.05) is 27.5 Å². The molecular formula is C11H15BrClNO3S. The molecule has 0 saturated carbocycles. The summed E-state index contributed by atoms with van der Waals surface area (Å²) in [4.78, 5) is 0.0964. The zero-order valence-electron chi connectivity index (χ0n) is 9.95. The summed E-state index contributed by atoms with van der Waals surface area (Å²) in [6.45, 7) is 0.999. The minimum absolute atomic E-state index is 0.0964. The first-order chi connectivity index (χ1) is 8.47. The third-order valence-electron chi connectivity index (χ3n) is 2.25. The van der Waals surface area contributed by atoms with Crippen LogP contribution in [0.1, 0.15) is 12.8 Å². The quantitative estimate of drug-likeness (QED) is 0.764. The molecule has 4 nitrogen and oxygen atoms in total. The van der Waals surface area contributed by atoms with Gasteiger partial charge in [-0.15, -0.1) is 0 Å². The lowest BCUT2D eigenvalue weighted by Crippen LogP contribution is -2.25. The van der Waals surface area contributed by atoms with Crippen LogP contribution in [0, 0.1) is 0 Å². The maximum atomic E-state index is 12.0. The lowest BCUT2D eigenvalue weighted by atomic mass is 10.3. The molecule has 0 aliphatic carbocycles. The van der Waals surface area contributed by atoms with Crippen LogP contribution in [0.4, 0.5) is 0 Å². The Balaban J connectivity index is 2.63. The first-order valence-electron chi connectivity index (χ1n) is 5.41. The molecule has 18 heavy (non-hydrogen) atoms. The van der Waals surface area contributed by atoms with E-state index in [1.54, 1.807) is 19.2 Å². The van der Waals surface area contributed by atoms with Crippen molar-refractivity contribution in [1.82, 2.24) is 4.72 Å². The molecule has 0 spiro atoms. The van der Waals surface area contributed by atoms with Crippen LogP contribution in [0.3, 0.4) is 0 Å². The molecule has 0 fully saturated rings. The highest BCUT2D eigenvalue weighted by molar-refractivity contribution is 9.10. The molecule has 1 aromatic carbocycles. The van der Waals surface area contributed by atoms with Crippen LogP contribution in [0.2, 0.25) is 5.02 Å². The van der Waals surface area contributed by atoms with Crippen LogP contribution in [0.25, 0.3) is 0 Å². The van der Waals surface area contributed by atoms with Crippen molar-refractivity contribution >= 4 is 37.6 Å². The zero-order valence-corrected chi connectivity index (χ0v) is 13.1. The van der Waals surface area contributed by atoms with Crippen molar-refractivity contribution in [3.8, 4) is 0 Å². The third kappa shape index (κ3) is 4.85.